The van der Waals surface area contributed by atoms with Gasteiger partial charge in [0.25, 0.3) is 11.7 Å². The van der Waals surface area contributed by atoms with Gasteiger partial charge in [0.15, 0.2) is 0 Å². The monoisotopic (exact) mass is 523 g/mol. The van der Waals surface area contributed by atoms with Gasteiger partial charge in [-0.2, -0.15) is 0 Å². The number of nitrogens with zero attached hydrogens (tertiary/aromatic N) is 1. The summed E-state index contributed by atoms with van der Waals surface area (Å²) < 4.78 is 19.4. The van der Waals surface area contributed by atoms with E-state index in [-0.39, 0.29) is 23.6 Å². The maximum Gasteiger partial charge on any atom is 0.295 e. The number of aliphatic hydroxyl groups excluding tert-OH is 1. The van der Waals surface area contributed by atoms with Gasteiger partial charge in [-0.1, -0.05) is 54.6 Å². The molecule has 1 aliphatic rings. The third-order valence-corrected chi connectivity index (χ3v) is 6.68. The van der Waals surface area contributed by atoms with E-state index in [2.05, 4.69) is 0 Å². The highest BCUT2D eigenvalue weighted by atomic mass is 19.1. The number of phenols is 1. The molecule has 1 fully saturated rings. The molecule has 2 N–H and O–H groups in total. The Morgan fingerprint density at radius 1 is 0.897 bits per heavy atom. The highest BCUT2D eigenvalue weighted by Crippen LogP contribution is 2.41. The first-order chi connectivity index (χ1) is 18.8. The first kappa shape index (κ1) is 25.7. The highest BCUT2D eigenvalue weighted by Gasteiger charge is 2.46. The number of ketones is 1. The van der Waals surface area contributed by atoms with Crippen LogP contribution in [0.1, 0.15) is 33.9 Å². The van der Waals surface area contributed by atoms with Crippen LogP contribution in [0.4, 0.5) is 4.39 Å². The molecule has 0 aliphatic carbocycles. The number of aryl methyl sites for hydroxylation is 1. The average molecular weight is 524 g/mol. The Hall–Kier alpha value is -4.91. The summed E-state index contributed by atoms with van der Waals surface area (Å²) in [6.07, 6.45) is 0. The molecule has 4 aromatic rings. The number of halogens is 1. The third-order valence-electron chi connectivity index (χ3n) is 6.68. The van der Waals surface area contributed by atoms with Crippen LogP contribution in [0.2, 0.25) is 0 Å². The Bertz CT molecular complexity index is 1560. The predicted octanol–water partition coefficient (Wildman–Crippen LogP) is 6.04. The number of hydrogen-bond donors (Lipinski definition) is 2. The van der Waals surface area contributed by atoms with Gasteiger partial charge < -0.3 is 19.8 Å². The Morgan fingerprint density at radius 2 is 1.64 bits per heavy atom. The normalized spacial score (nSPS) is 16.5. The average Bonchev–Trinajstić information content (AvgIpc) is 3.18. The minimum Gasteiger partial charge on any atom is -0.508 e. The molecule has 39 heavy (non-hydrogen) atoms. The zero-order valence-corrected chi connectivity index (χ0v) is 21.2. The van der Waals surface area contributed by atoms with E-state index in [0.29, 0.717) is 29.0 Å². The number of aromatic hydroxyl groups is 1. The number of benzene rings is 4. The number of ether oxygens (including phenoxy) is 1. The van der Waals surface area contributed by atoms with Crippen LogP contribution in [0.5, 0.6) is 11.5 Å². The molecule has 1 atom stereocenters. The van der Waals surface area contributed by atoms with Crippen LogP contribution >= 0.6 is 0 Å². The summed E-state index contributed by atoms with van der Waals surface area (Å²) in [7, 11) is 0. The fourth-order valence-corrected chi connectivity index (χ4v) is 4.72. The molecule has 0 bridgehead atoms. The van der Waals surface area contributed by atoms with E-state index in [0.717, 1.165) is 11.1 Å². The van der Waals surface area contributed by atoms with Crippen LogP contribution in [0.3, 0.4) is 0 Å². The number of Topliss-reactive ketones (excluding diaryl/α,β-unsaturated/α-hetero) is 1. The van der Waals surface area contributed by atoms with Gasteiger partial charge in [-0.05, 0) is 71.6 Å². The maximum atomic E-state index is 13.5. The van der Waals surface area contributed by atoms with Crippen LogP contribution in [0.25, 0.3) is 5.76 Å². The molecule has 7 heteroatoms. The highest BCUT2D eigenvalue weighted by molar-refractivity contribution is 6.46. The molecule has 196 valence electrons. The van der Waals surface area contributed by atoms with Gasteiger partial charge in [0, 0.05) is 12.1 Å². The molecular weight excluding hydrogens is 497 g/mol. The van der Waals surface area contributed by atoms with Gasteiger partial charge in [-0.15, -0.1) is 0 Å². The van der Waals surface area contributed by atoms with Crippen LogP contribution in [0, 0.1) is 12.7 Å². The second-order valence-corrected chi connectivity index (χ2v) is 9.40. The van der Waals surface area contributed by atoms with Crippen molar-refractivity contribution >= 4 is 17.4 Å². The number of carbonyl (C=O) groups excluding carboxylic acids is 2. The SMILES string of the molecule is Cc1cc(/C(O)=C2/C(=O)C(=O)N(Cc3ccc(F)cc3)C2c2cccc(O)c2)ccc1OCc1ccccc1. The van der Waals surface area contributed by atoms with E-state index in [4.69, 9.17) is 4.74 Å². The van der Waals surface area contributed by atoms with Crippen LogP contribution in [-0.4, -0.2) is 26.8 Å². The summed E-state index contributed by atoms with van der Waals surface area (Å²) in [6.45, 7) is 2.21. The van der Waals surface area contributed by atoms with Gasteiger partial charge in [0.2, 0.25) is 0 Å². The summed E-state index contributed by atoms with van der Waals surface area (Å²) in [6, 6.07) is 25.6. The van der Waals surface area contributed by atoms with Crippen molar-refractivity contribution in [3.63, 3.8) is 0 Å². The topological polar surface area (TPSA) is 87.1 Å². The van der Waals surface area contributed by atoms with E-state index in [1.54, 1.807) is 30.3 Å². The molecule has 1 heterocycles. The Labute approximate surface area is 225 Å². The molecule has 0 saturated carbocycles. The van der Waals surface area contributed by atoms with Crippen LogP contribution in [0.15, 0.2) is 103 Å². The predicted molar refractivity (Wildman–Crippen MR) is 144 cm³/mol. The summed E-state index contributed by atoms with van der Waals surface area (Å²) >= 11 is 0. The Kier molecular flexibility index (Phi) is 7.14. The van der Waals surface area contributed by atoms with E-state index >= 15 is 0 Å². The van der Waals surface area contributed by atoms with Gasteiger partial charge in [-0.3, -0.25) is 9.59 Å². The Morgan fingerprint density at radius 3 is 2.33 bits per heavy atom. The smallest absolute Gasteiger partial charge is 0.295 e. The molecular formula is C32H26FNO5. The number of carbonyl (C=O) groups is 2. The molecule has 1 saturated heterocycles. The standard InChI is InChI=1S/C32H26FNO5/c1-20-16-24(12-15-27(20)39-19-22-6-3-2-4-7-22)30(36)28-29(23-8-5-9-26(35)17-23)34(32(38)31(28)37)18-21-10-13-25(33)14-11-21/h2-17,29,35-36H,18-19H2,1H3/b30-28-. The van der Waals surface area contributed by atoms with Gasteiger partial charge >= 0.3 is 0 Å². The number of aliphatic hydroxyl groups is 1. The minimum absolute atomic E-state index is 0.00719. The number of phenolic OH excluding ortho intramolecular Hbond substituents is 1. The molecule has 1 unspecified atom stereocenters. The second kappa shape index (κ2) is 10.8. The number of likely N-dealkylation sites (tertiary alicyclic amines) is 1. The lowest BCUT2D eigenvalue weighted by Crippen LogP contribution is -2.29. The summed E-state index contributed by atoms with van der Waals surface area (Å²) in [5.41, 5.74) is 3.08. The lowest BCUT2D eigenvalue weighted by atomic mass is 9.94. The number of amides is 1. The first-order valence-corrected chi connectivity index (χ1v) is 12.4. The lowest BCUT2D eigenvalue weighted by Gasteiger charge is -2.25. The van der Waals surface area contributed by atoms with E-state index < -0.39 is 23.5 Å². The first-order valence-electron chi connectivity index (χ1n) is 12.4. The zero-order chi connectivity index (χ0) is 27.5. The van der Waals surface area contributed by atoms with Crippen LogP contribution < -0.4 is 4.74 Å². The maximum absolute atomic E-state index is 13.5. The van der Waals surface area contributed by atoms with Gasteiger partial charge in [-0.25, -0.2) is 4.39 Å². The van der Waals surface area contributed by atoms with E-state index in [1.165, 1.54) is 41.3 Å². The quantitative estimate of drug-likeness (QED) is 0.175. The largest absolute Gasteiger partial charge is 0.508 e. The summed E-state index contributed by atoms with van der Waals surface area (Å²) in [4.78, 5) is 27.8. The fraction of sp³-hybridized carbons (Fsp3) is 0.125. The molecule has 1 aliphatic heterocycles. The van der Waals surface area contributed by atoms with Crippen molar-refractivity contribution in [3.05, 3.63) is 136 Å². The minimum atomic E-state index is -0.962. The van der Waals surface area contributed by atoms with E-state index in [1.807, 2.05) is 37.3 Å². The molecule has 0 radical (unpaired) electrons. The van der Waals surface area contributed by atoms with Crippen LogP contribution in [-0.2, 0) is 22.7 Å². The zero-order valence-electron chi connectivity index (χ0n) is 21.2. The molecule has 4 aromatic carbocycles. The van der Waals surface area contributed by atoms with Crippen molar-refractivity contribution in [2.24, 2.45) is 0 Å². The molecule has 0 spiro atoms. The van der Waals surface area contributed by atoms with Crippen molar-refractivity contribution in [2.45, 2.75) is 26.1 Å². The third kappa shape index (κ3) is 5.38. The Balaban J connectivity index is 1.52. The van der Waals surface area contributed by atoms with Crippen molar-refractivity contribution in [1.82, 2.24) is 4.90 Å². The second-order valence-electron chi connectivity index (χ2n) is 9.40. The molecule has 0 aromatic heterocycles. The van der Waals surface area contributed by atoms with Crippen molar-refractivity contribution in [2.75, 3.05) is 0 Å². The van der Waals surface area contributed by atoms with Crippen molar-refractivity contribution in [1.29, 1.82) is 0 Å². The van der Waals surface area contributed by atoms with Crippen molar-refractivity contribution in [3.8, 4) is 11.5 Å². The molecule has 5 rings (SSSR count). The fourth-order valence-electron chi connectivity index (χ4n) is 4.72. The lowest BCUT2D eigenvalue weighted by molar-refractivity contribution is -0.140. The van der Waals surface area contributed by atoms with E-state index in [9.17, 15) is 24.2 Å². The number of rotatable bonds is 7. The number of hydrogen-bond acceptors (Lipinski definition) is 5. The molecule has 6 nitrogen and oxygen atoms in total. The molecule has 1 amide bonds. The van der Waals surface area contributed by atoms with Gasteiger partial charge in [0.05, 0.1) is 11.6 Å². The van der Waals surface area contributed by atoms with Gasteiger partial charge in [0.1, 0.15) is 29.7 Å². The summed E-state index contributed by atoms with van der Waals surface area (Å²) in [5.74, 6) is -1.82. The summed E-state index contributed by atoms with van der Waals surface area (Å²) in [5, 5.41) is 21.5. The van der Waals surface area contributed by atoms with Crippen molar-refractivity contribution < 1.29 is 28.9 Å².